The number of methoxy groups -OCH3 is 1. The van der Waals surface area contributed by atoms with E-state index in [9.17, 15) is 4.79 Å². The molecule has 0 spiro atoms. The van der Waals surface area contributed by atoms with Crippen LogP contribution in [0.3, 0.4) is 0 Å². The second-order valence-electron chi connectivity index (χ2n) is 5.80. The first-order valence-electron chi connectivity index (χ1n) is 7.99. The van der Waals surface area contributed by atoms with E-state index in [-0.39, 0.29) is 6.03 Å². The zero-order chi connectivity index (χ0) is 18.4. The fourth-order valence-corrected chi connectivity index (χ4v) is 2.44. The fraction of sp³-hybridized carbons (Fsp3) is 0.316. The zero-order valence-corrected chi connectivity index (χ0v) is 15.7. The highest BCUT2D eigenvalue weighted by molar-refractivity contribution is 6.31. The molecule has 2 aromatic carbocycles. The topological polar surface area (TPSA) is 59.6 Å². The van der Waals surface area contributed by atoms with Gasteiger partial charge in [-0.2, -0.15) is 0 Å². The van der Waals surface area contributed by atoms with Crippen molar-refractivity contribution in [3.8, 4) is 11.5 Å². The maximum atomic E-state index is 12.0. The molecule has 0 heterocycles. The molecule has 0 aliphatic carbocycles. The van der Waals surface area contributed by atoms with Crippen LogP contribution in [-0.2, 0) is 0 Å². The Labute approximate surface area is 153 Å². The lowest BCUT2D eigenvalue weighted by molar-refractivity contribution is 0.247. The normalized spacial score (nSPS) is 10.3. The van der Waals surface area contributed by atoms with E-state index < -0.39 is 0 Å². The third kappa shape index (κ3) is 5.29. The molecule has 5 nitrogen and oxygen atoms in total. The van der Waals surface area contributed by atoms with Crippen LogP contribution >= 0.6 is 11.6 Å². The number of ether oxygens (including phenoxy) is 2. The number of amides is 2. The number of nitrogens with one attached hydrogen (secondary N) is 2. The fourth-order valence-electron chi connectivity index (χ4n) is 2.28. The van der Waals surface area contributed by atoms with Crippen LogP contribution in [0, 0.1) is 20.8 Å². The van der Waals surface area contributed by atoms with Gasteiger partial charge < -0.3 is 20.1 Å². The van der Waals surface area contributed by atoms with Gasteiger partial charge in [-0.05, 0) is 49.6 Å². The second kappa shape index (κ2) is 8.62. The molecular formula is C19H23ClN2O3. The zero-order valence-electron chi connectivity index (χ0n) is 14.9. The second-order valence-corrected chi connectivity index (χ2v) is 6.21. The minimum Gasteiger partial charge on any atom is -0.495 e. The van der Waals surface area contributed by atoms with Gasteiger partial charge in [-0.3, -0.25) is 0 Å². The molecule has 0 aliphatic rings. The standard InChI is InChI=1S/C19H23ClN2O3/c1-12-5-6-13(2)17(9-12)25-8-7-21-19(23)22-16-10-14(3)15(20)11-18(16)24-4/h5-6,9-11H,7-8H2,1-4H3,(H2,21,22,23). The van der Waals surface area contributed by atoms with E-state index in [0.717, 1.165) is 22.4 Å². The first-order valence-corrected chi connectivity index (χ1v) is 8.37. The third-order valence-corrected chi connectivity index (χ3v) is 4.12. The molecule has 0 unspecified atom stereocenters. The van der Waals surface area contributed by atoms with E-state index in [4.69, 9.17) is 21.1 Å². The number of hydrogen-bond donors (Lipinski definition) is 2. The summed E-state index contributed by atoms with van der Waals surface area (Å²) in [6.07, 6.45) is 0. The highest BCUT2D eigenvalue weighted by atomic mass is 35.5. The van der Waals surface area contributed by atoms with E-state index in [1.54, 1.807) is 12.1 Å². The van der Waals surface area contributed by atoms with Gasteiger partial charge >= 0.3 is 6.03 Å². The molecule has 2 amide bonds. The van der Waals surface area contributed by atoms with Gasteiger partial charge in [0.25, 0.3) is 0 Å². The summed E-state index contributed by atoms with van der Waals surface area (Å²) in [6, 6.07) is 9.15. The van der Waals surface area contributed by atoms with E-state index >= 15 is 0 Å². The quantitative estimate of drug-likeness (QED) is 0.745. The van der Waals surface area contributed by atoms with Crippen LogP contribution < -0.4 is 20.1 Å². The summed E-state index contributed by atoms with van der Waals surface area (Å²) in [7, 11) is 1.53. The molecule has 2 aromatic rings. The van der Waals surface area contributed by atoms with Gasteiger partial charge in [0.05, 0.1) is 19.3 Å². The molecule has 0 bridgehead atoms. The summed E-state index contributed by atoms with van der Waals surface area (Å²) < 4.78 is 11.0. The summed E-state index contributed by atoms with van der Waals surface area (Å²) in [6.45, 7) is 6.63. The number of aryl methyl sites for hydroxylation is 3. The van der Waals surface area contributed by atoms with Crippen molar-refractivity contribution in [2.75, 3.05) is 25.6 Å². The molecule has 0 aromatic heterocycles. The van der Waals surface area contributed by atoms with Crippen LogP contribution in [0.5, 0.6) is 11.5 Å². The van der Waals surface area contributed by atoms with Crippen LogP contribution in [-0.4, -0.2) is 26.3 Å². The summed E-state index contributed by atoms with van der Waals surface area (Å²) in [5, 5.41) is 6.10. The predicted molar refractivity (Wildman–Crippen MR) is 101 cm³/mol. The van der Waals surface area contributed by atoms with Crippen LogP contribution in [0.1, 0.15) is 16.7 Å². The summed E-state index contributed by atoms with van der Waals surface area (Å²) >= 11 is 6.06. The maximum absolute atomic E-state index is 12.0. The monoisotopic (exact) mass is 362 g/mol. The van der Waals surface area contributed by atoms with Crippen molar-refractivity contribution in [2.24, 2.45) is 0 Å². The summed E-state index contributed by atoms with van der Waals surface area (Å²) in [4.78, 5) is 12.0. The molecule has 0 radical (unpaired) electrons. The van der Waals surface area contributed by atoms with Crippen molar-refractivity contribution in [2.45, 2.75) is 20.8 Å². The Balaban J connectivity index is 1.85. The molecule has 134 valence electrons. The van der Waals surface area contributed by atoms with Gasteiger partial charge in [-0.15, -0.1) is 0 Å². The minimum atomic E-state index is -0.329. The van der Waals surface area contributed by atoms with Crippen molar-refractivity contribution < 1.29 is 14.3 Å². The van der Waals surface area contributed by atoms with Gasteiger partial charge in [0.15, 0.2) is 0 Å². The lowest BCUT2D eigenvalue weighted by Crippen LogP contribution is -2.32. The van der Waals surface area contributed by atoms with Crippen LogP contribution in [0.2, 0.25) is 5.02 Å². The molecule has 0 saturated carbocycles. The van der Waals surface area contributed by atoms with Gasteiger partial charge in [0, 0.05) is 11.1 Å². The predicted octanol–water partition coefficient (Wildman–Crippen LogP) is 4.47. The average molecular weight is 363 g/mol. The Morgan fingerprint density at radius 3 is 2.56 bits per heavy atom. The van der Waals surface area contributed by atoms with Crippen LogP contribution in [0.15, 0.2) is 30.3 Å². The molecule has 0 atom stereocenters. The van der Waals surface area contributed by atoms with E-state index in [1.165, 1.54) is 7.11 Å². The number of hydrogen-bond acceptors (Lipinski definition) is 3. The highest BCUT2D eigenvalue weighted by Gasteiger charge is 2.10. The van der Waals surface area contributed by atoms with Crippen molar-refractivity contribution >= 4 is 23.3 Å². The Morgan fingerprint density at radius 2 is 1.84 bits per heavy atom. The number of benzene rings is 2. The van der Waals surface area contributed by atoms with Gasteiger partial charge in [0.1, 0.15) is 18.1 Å². The molecule has 0 aliphatic heterocycles. The highest BCUT2D eigenvalue weighted by Crippen LogP contribution is 2.30. The maximum Gasteiger partial charge on any atom is 0.319 e. The van der Waals surface area contributed by atoms with Gasteiger partial charge in [-0.25, -0.2) is 4.79 Å². The summed E-state index contributed by atoms with van der Waals surface area (Å²) in [5.74, 6) is 1.34. The number of rotatable bonds is 6. The largest absolute Gasteiger partial charge is 0.495 e. The van der Waals surface area contributed by atoms with Crippen LogP contribution in [0.4, 0.5) is 10.5 Å². The molecule has 25 heavy (non-hydrogen) atoms. The van der Waals surface area contributed by atoms with Crippen molar-refractivity contribution in [1.29, 1.82) is 0 Å². The van der Waals surface area contributed by atoms with E-state index in [0.29, 0.717) is 29.6 Å². The number of anilines is 1. The molecule has 2 N–H and O–H groups in total. The summed E-state index contributed by atoms with van der Waals surface area (Å²) in [5.41, 5.74) is 3.63. The first kappa shape index (κ1) is 18.9. The Kier molecular flexibility index (Phi) is 6.53. The van der Waals surface area contributed by atoms with Crippen molar-refractivity contribution in [1.82, 2.24) is 5.32 Å². The average Bonchev–Trinajstić information content (AvgIpc) is 2.57. The van der Waals surface area contributed by atoms with E-state index in [2.05, 4.69) is 10.6 Å². The molecular weight excluding hydrogens is 340 g/mol. The minimum absolute atomic E-state index is 0.329. The third-order valence-electron chi connectivity index (χ3n) is 3.72. The SMILES string of the molecule is COc1cc(Cl)c(C)cc1NC(=O)NCCOc1cc(C)ccc1C. The van der Waals surface area contributed by atoms with Crippen molar-refractivity contribution in [3.05, 3.63) is 52.0 Å². The van der Waals surface area contributed by atoms with E-state index in [1.807, 2.05) is 39.0 Å². The smallest absolute Gasteiger partial charge is 0.319 e. The van der Waals surface area contributed by atoms with Gasteiger partial charge in [0.2, 0.25) is 0 Å². The number of carbonyl (C=O) groups excluding carboxylic acids is 1. The van der Waals surface area contributed by atoms with Gasteiger partial charge in [-0.1, -0.05) is 23.7 Å². The Bertz CT molecular complexity index is 763. The first-order chi connectivity index (χ1) is 11.9. The molecule has 0 fully saturated rings. The lowest BCUT2D eigenvalue weighted by atomic mass is 10.1. The van der Waals surface area contributed by atoms with Crippen molar-refractivity contribution in [3.63, 3.8) is 0 Å². The Morgan fingerprint density at radius 1 is 1.08 bits per heavy atom. The molecule has 6 heteroatoms. The number of halogens is 1. The number of carbonyl (C=O) groups is 1. The van der Waals surface area contributed by atoms with Crippen LogP contribution in [0.25, 0.3) is 0 Å². The molecule has 2 rings (SSSR count). The molecule has 0 saturated heterocycles. The number of urea groups is 1. The Hall–Kier alpha value is -2.40. The lowest BCUT2D eigenvalue weighted by Gasteiger charge is -2.14.